The summed E-state index contributed by atoms with van der Waals surface area (Å²) in [5.74, 6) is -0.360. The van der Waals surface area contributed by atoms with Gasteiger partial charge < -0.3 is 10.1 Å². The van der Waals surface area contributed by atoms with Crippen molar-refractivity contribution in [1.29, 1.82) is 5.26 Å². The Morgan fingerprint density at radius 3 is 2.42 bits per heavy atom. The van der Waals surface area contributed by atoms with Crippen molar-refractivity contribution in [2.45, 2.75) is 45.4 Å². The molecule has 6 nitrogen and oxygen atoms in total. The molecule has 1 N–H and O–H groups in total. The molecule has 3 rings (SSSR count). The lowest BCUT2D eigenvalue weighted by Crippen LogP contribution is -2.44. The molecule has 6 heteroatoms. The fraction of sp³-hybridized carbons (Fsp3) is 0.350. The number of nitriles is 1. The number of imide groups is 1. The van der Waals surface area contributed by atoms with Gasteiger partial charge in [-0.05, 0) is 39.8 Å². The normalized spacial score (nSPS) is 18.7. The number of rotatable bonds is 3. The van der Waals surface area contributed by atoms with Gasteiger partial charge in [0.05, 0.1) is 29.0 Å². The Labute approximate surface area is 152 Å². The Morgan fingerprint density at radius 2 is 1.81 bits per heavy atom. The van der Waals surface area contributed by atoms with Crippen molar-refractivity contribution >= 4 is 28.4 Å². The van der Waals surface area contributed by atoms with E-state index in [1.165, 1.54) is 0 Å². The number of hydrogen-bond acceptors (Lipinski definition) is 4. The maximum Gasteiger partial charge on any atom is 0.329 e. The Bertz CT molecular complexity index is 924. The van der Waals surface area contributed by atoms with Gasteiger partial charge in [0.25, 0.3) is 5.91 Å². The summed E-state index contributed by atoms with van der Waals surface area (Å²) in [4.78, 5) is 26.6. The number of hydrogen-bond donors (Lipinski definition) is 1. The fourth-order valence-electron chi connectivity index (χ4n) is 3.25. The van der Waals surface area contributed by atoms with E-state index in [4.69, 9.17) is 4.74 Å². The highest BCUT2D eigenvalue weighted by Crippen LogP contribution is 2.32. The number of benzene rings is 2. The quantitative estimate of drug-likeness (QED) is 0.860. The number of fused-ring (bicyclic) bond motifs is 1. The van der Waals surface area contributed by atoms with Crippen molar-refractivity contribution in [2.75, 3.05) is 4.90 Å². The van der Waals surface area contributed by atoms with E-state index in [2.05, 4.69) is 11.4 Å². The van der Waals surface area contributed by atoms with E-state index in [-0.39, 0.29) is 5.91 Å². The van der Waals surface area contributed by atoms with Crippen LogP contribution in [0.2, 0.25) is 0 Å². The van der Waals surface area contributed by atoms with E-state index in [9.17, 15) is 14.9 Å². The molecule has 0 radical (unpaired) electrons. The Hall–Kier alpha value is -2.91. The number of nitrogens with one attached hydrogen (secondary N) is 1. The molecule has 26 heavy (non-hydrogen) atoms. The Morgan fingerprint density at radius 1 is 1.15 bits per heavy atom. The van der Waals surface area contributed by atoms with Gasteiger partial charge in [-0.2, -0.15) is 5.26 Å². The predicted octanol–water partition coefficient (Wildman–Crippen LogP) is 3.34. The third-order valence-corrected chi connectivity index (χ3v) is 4.24. The van der Waals surface area contributed by atoms with E-state index in [0.29, 0.717) is 22.0 Å². The first-order valence-corrected chi connectivity index (χ1v) is 8.47. The molecule has 0 aromatic heterocycles. The van der Waals surface area contributed by atoms with Gasteiger partial charge in [0.2, 0.25) is 0 Å². The lowest BCUT2D eigenvalue weighted by Gasteiger charge is -2.27. The Kier molecular flexibility index (Phi) is 4.43. The second-order valence-electron chi connectivity index (χ2n) is 7.33. The maximum atomic E-state index is 12.9. The predicted molar refractivity (Wildman–Crippen MR) is 98.8 cm³/mol. The van der Waals surface area contributed by atoms with Gasteiger partial charge in [-0.15, -0.1) is 0 Å². The zero-order valence-electron chi connectivity index (χ0n) is 15.2. The first-order valence-electron chi connectivity index (χ1n) is 8.47. The summed E-state index contributed by atoms with van der Waals surface area (Å²) in [5.41, 5.74) is 0.531. The average Bonchev–Trinajstić information content (AvgIpc) is 2.87. The molecule has 3 amide bonds. The van der Waals surface area contributed by atoms with Gasteiger partial charge >= 0.3 is 6.03 Å². The van der Waals surface area contributed by atoms with Crippen LogP contribution in [-0.4, -0.2) is 29.7 Å². The van der Waals surface area contributed by atoms with Gasteiger partial charge in [-0.3, -0.25) is 4.79 Å². The molecule has 2 aromatic rings. The van der Waals surface area contributed by atoms with Crippen molar-refractivity contribution in [2.24, 2.45) is 0 Å². The molecule has 0 spiro atoms. The summed E-state index contributed by atoms with van der Waals surface area (Å²) in [6.07, 6.45) is -0.471. The molecule has 1 aliphatic heterocycles. The highest BCUT2D eigenvalue weighted by Gasteiger charge is 2.43. The Balaban J connectivity index is 2.01. The van der Waals surface area contributed by atoms with E-state index >= 15 is 0 Å². The zero-order valence-corrected chi connectivity index (χ0v) is 15.2. The SMILES string of the molecule is C[C@@H](OC(C)(C)C)[C@@H]1NC(=O)N(c2ccc(C#N)c3ccccc23)C1=O. The molecular formula is C20H21N3O3. The van der Waals surface area contributed by atoms with Gasteiger partial charge in [-0.25, -0.2) is 9.69 Å². The summed E-state index contributed by atoms with van der Waals surface area (Å²) < 4.78 is 5.84. The van der Waals surface area contributed by atoms with Crippen LogP contribution in [0.1, 0.15) is 33.3 Å². The molecule has 0 saturated carbocycles. The van der Waals surface area contributed by atoms with Crippen LogP contribution in [-0.2, 0) is 9.53 Å². The molecule has 1 aliphatic rings. The first-order chi connectivity index (χ1) is 12.2. The minimum atomic E-state index is -0.754. The van der Waals surface area contributed by atoms with Crippen LogP contribution in [0.25, 0.3) is 10.8 Å². The topological polar surface area (TPSA) is 82.4 Å². The molecule has 134 valence electrons. The van der Waals surface area contributed by atoms with Crippen molar-refractivity contribution in [3.8, 4) is 6.07 Å². The molecule has 2 atom stereocenters. The zero-order chi connectivity index (χ0) is 19.1. The van der Waals surface area contributed by atoms with Gasteiger partial charge in [-0.1, -0.05) is 24.3 Å². The summed E-state index contributed by atoms with van der Waals surface area (Å²) in [6, 6.07) is 11.4. The van der Waals surface area contributed by atoms with Crippen LogP contribution in [0.3, 0.4) is 0 Å². The fourth-order valence-corrected chi connectivity index (χ4v) is 3.25. The second kappa shape index (κ2) is 6.43. The molecule has 2 aromatic carbocycles. The van der Waals surface area contributed by atoms with Crippen LogP contribution in [0.4, 0.5) is 10.5 Å². The van der Waals surface area contributed by atoms with Crippen LogP contribution >= 0.6 is 0 Å². The number of amides is 3. The van der Waals surface area contributed by atoms with E-state index in [1.807, 2.05) is 32.9 Å². The van der Waals surface area contributed by atoms with E-state index in [1.54, 1.807) is 31.2 Å². The second-order valence-corrected chi connectivity index (χ2v) is 7.33. The van der Waals surface area contributed by atoms with E-state index < -0.39 is 23.8 Å². The third kappa shape index (κ3) is 3.14. The van der Waals surface area contributed by atoms with Crippen LogP contribution in [0.15, 0.2) is 36.4 Å². The van der Waals surface area contributed by atoms with Gasteiger partial charge in [0, 0.05) is 10.8 Å². The maximum absolute atomic E-state index is 12.9. The molecule has 0 unspecified atom stereocenters. The molecule has 1 fully saturated rings. The third-order valence-electron chi connectivity index (χ3n) is 4.24. The standard InChI is InChI=1S/C20H21N3O3/c1-12(26-20(2,3)4)17-18(24)23(19(25)22-17)16-10-9-13(11-21)14-7-5-6-8-15(14)16/h5-10,12,17H,1-4H3,(H,22,25)/t12-,17+/m1/s1. The molecular weight excluding hydrogens is 330 g/mol. The monoisotopic (exact) mass is 351 g/mol. The highest BCUT2D eigenvalue weighted by molar-refractivity contribution is 6.24. The number of anilines is 1. The summed E-state index contributed by atoms with van der Waals surface area (Å²) in [6.45, 7) is 7.47. The molecule has 0 aliphatic carbocycles. The first kappa shape index (κ1) is 17.9. The number of nitrogens with zero attached hydrogens (tertiary/aromatic N) is 2. The summed E-state index contributed by atoms with van der Waals surface area (Å²) >= 11 is 0. The minimum absolute atomic E-state index is 0.360. The van der Waals surface area contributed by atoms with Crippen LogP contribution in [0.5, 0.6) is 0 Å². The highest BCUT2D eigenvalue weighted by atomic mass is 16.5. The van der Waals surface area contributed by atoms with Crippen LogP contribution < -0.4 is 10.2 Å². The lowest BCUT2D eigenvalue weighted by molar-refractivity contribution is -0.125. The minimum Gasteiger partial charge on any atom is -0.370 e. The molecule has 1 heterocycles. The van der Waals surface area contributed by atoms with Crippen molar-refractivity contribution < 1.29 is 14.3 Å². The van der Waals surface area contributed by atoms with Crippen molar-refractivity contribution in [1.82, 2.24) is 5.32 Å². The van der Waals surface area contributed by atoms with E-state index in [0.717, 1.165) is 4.90 Å². The number of carbonyl (C=O) groups is 2. The van der Waals surface area contributed by atoms with Crippen LogP contribution in [0, 0.1) is 11.3 Å². The smallest absolute Gasteiger partial charge is 0.329 e. The van der Waals surface area contributed by atoms with Gasteiger partial charge in [0.15, 0.2) is 0 Å². The number of urea groups is 1. The average molecular weight is 351 g/mol. The van der Waals surface area contributed by atoms with Gasteiger partial charge in [0.1, 0.15) is 6.04 Å². The van der Waals surface area contributed by atoms with Crippen molar-refractivity contribution in [3.63, 3.8) is 0 Å². The van der Waals surface area contributed by atoms with Crippen molar-refractivity contribution in [3.05, 3.63) is 42.0 Å². The summed E-state index contributed by atoms with van der Waals surface area (Å²) in [7, 11) is 0. The lowest BCUT2D eigenvalue weighted by atomic mass is 10.0. The number of ether oxygens (including phenoxy) is 1. The molecule has 1 saturated heterocycles. The summed E-state index contributed by atoms with van der Waals surface area (Å²) in [5, 5.41) is 13.4. The number of carbonyl (C=O) groups excluding carboxylic acids is 2. The molecule has 0 bridgehead atoms. The largest absolute Gasteiger partial charge is 0.370 e.